The molecule has 32 heavy (non-hydrogen) atoms. The molecule has 1 aliphatic heterocycles. The third-order valence-electron chi connectivity index (χ3n) is 4.96. The van der Waals surface area contributed by atoms with Crippen molar-refractivity contribution in [3.8, 4) is 5.75 Å². The van der Waals surface area contributed by atoms with Gasteiger partial charge in [-0.3, -0.25) is 4.79 Å². The van der Waals surface area contributed by atoms with Crippen molar-refractivity contribution in [2.75, 3.05) is 23.8 Å². The molecule has 0 spiro atoms. The Balaban J connectivity index is 1.44. The number of nitrogens with zero attached hydrogens (tertiary/aromatic N) is 3. The number of carbonyl (C=O) groups excluding carboxylic acids is 2. The van der Waals surface area contributed by atoms with Gasteiger partial charge >= 0.3 is 6.03 Å². The van der Waals surface area contributed by atoms with E-state index in [1.807, 2.05) is 25.1 Å². The fraction of sp³-hybridized carbons (Fsp3) is 0.273. The maximum Gasteiger partial charge on any atom is 0.322 e. The van der Waals surface area contributed by atoms with E-state index in [1.54, 1.807) is 35.2 Å². The Morgan fingerprint density at radius 1 is 1.16 bits per heavy atom. The molecule has 166 valence electrons. The van der Waals surface area contributed by atoms with Crippen LogP contribution in [0.3, 0.4) is 0 Å². The van der Waals surface area contributed by atoms with Crippen molar-refractivity contribution in [2.24, 2.45) is 0 Å². The molecule has 1 aliphatic rings. The van der Waals surface area contributed by atoms with Gasteiger partial charge in [-0.2, -0.15) is 0 Å². The smallest absolute Gasteiger partial charge is 0.322 e. The third kappa shape index (κ3) is 5.00. The number of halogens is 1. The van der Waals surface area contributed by atoms with Gasteiger partial charge in [0.05, 0.1) is 18.3 Å². The van der Waals surface area contributed by atoms with Crippen LogP contribution in [0, 0.1) is 0 Å². The summed E-state index contributed by atoms with van der Waals surface area (Å²) in [5.41, 5.74) is 1.23. The summed E-state index contributed by atoms with van der Waals surface area (Å²) >= 11 is 7.07. The minimum atomic E-state index is -0.351. The van der Waals surface area contributed by atoms with Crippen molar-refractivity contribution in [3.63, 3.8) is 0 Å². The molecule has 3 aromatic rings. The number of carbonyl (C=O) groups is 2. The maximum atomic E-state index is 13.0. The van der Waals surface area contributed by atoms with Crippen LogP contribution in [0.4, 0.5) is 16.2 Å². The van der Waals surface area contributed by atoms with Crippen LogP contribution >= 0.6 is 22.9 Å². The van der Waals surface area contributed by atoms with Gasteiger partial charge in [-0.05, 0) is 56.2 Å². The molecular formula is C22H22ClN5O3S. The van der Waals surface area contributed by atoms with Crippen molar-refractivity contribution in [1.29, 1.82) is 0 Å². The Morgan fingerprint density at radius 2 is 1.94 bits per heavy atom. The first-order valence-electron chi connectivity index (χ1n) is 10.2. The second-order valence-electron chi connectivity index (χ2n) is 7.12. The van der Waals surface area contributed by atoms with Crippen molar-refractivity contribution >= 4 is 46.3 Å². The number of hydrogen-bond acceptors (Lipinski definition) is 6. The lowest BCUT2D eigenvalue weighted by Gasteiger charge is -2.23. The number of nitrogens with one attached hydrogen (secondary N) is 2. The van der Waals surface area contributed by atoms with Crippen LogP contribution in [0.2, 0.25) is 5.02 Å². The number of amides is 3. The van der Waals surface area contributed by atoms with E-state index in [4.69, 9.17) is 16.3 Å². The van der Waals surface area contributed by atoms with Gasteiger partial charge < -0.3 is 20.3 Å². The number of anilines is 2. The zero-order valence-corrected chi connectivity index (χ0v) is 18.9. The molecule has 2 N–H and O–H groups in total. The summed E-state index contributed by atoms with van der Waals surface area (Å²) in [4.78, 5) is 27.3. The minimum absolute atomic E-state index is 0.233. The van der Waals surface area contributed by atoms with Gasteiger partial charge in [-0.1, -0.05) is 35.1 Å². The first kappa shape index (κ1) is 22.0. The van der Waals surface area contributed by atoms with Crippen molar-refractivity contribution < 1.29 is 14.3 Å². The molecule has 1 atom stereocenters. The second kappa shape index (κ2) is 9.97. The van der Waals surface area contributed by atoms with E-state index in [9.17, 15) is 9.59 Å². The van der Waals surface area contributed by atoms with Gasteiger partial charge in [-0.25, -0.2) is 4.79 Å². The SMILES string of the molecule is CCOc1ccccc1NC(=O)N1CCC[C@H]1c1nnc(C(=O)Nc2ccc(Cl)cc2)s1. The van der Waals surface area contributed by atoms with Gasteiger partial charge in [0.25, 0.3) is 5.91 Å². The molecule has 8 nitrogen and oxygen atoms in total. The van der Waals surface area contributed by atoms with Crippen LogP contribution in [0.25, 0.3) is 0 Å². The lowest BCUT2D eigenvalue weighted by atomic mass is 10.2. The first-order chi connectivity index (χ1) is 15.5. The van der Waals surface area contributed by atoms with E-state index >= 15 is 0 Å². The summed E-state index contributed by atoms with van der Waals surface area (Å²) in [6.45, 7) is 3.00. The molecule has 0 saturated carbocycles. The number of likely N-dealkylation sites (tertiary alicyclic amines) is 1. The Labute approximate surface area is 194 Å². The maximum absolute atomic E-state index is 13.0. The third-order valence-corrected chi connectivity index (χ3v) is 6.24. The van der Waals surface area contributed by atoms with Crippen LogP contribution in [-0.4, -0.2) is 40.2 Å². The molecule has 2 heterocycles. The number of benzene rings is 2. The number of aromatic nitrogens is 2. The standard InChI is InChI=1S/C22H22ClN5O3S/c1-2-31-18-8-4-3-6-16(18)25-22(30)28-13-5-7-17(28)20-26-27-21(32-20)19(29)24-15-11-9-14(23)10-12-15/h3-4,6,8-12,17H,2,5,7,13H2,1H3,(H,24,29)(H,25,30)/t17-/m0/s1. The molecule has 4 rings (SSSR count). The van der Waals surface area contributed by atoms with Crippen LogP contribution < -0.4 is 15.4 Å². The summed E-state index contributed by atoms with van der Waals surface area (Å²) in [7, 11) is 0. The van der Waals surface area contributed by atoms with Crippen LogP contribution in [0.1, 0.15) is 40.6 Å². The van der Waals surface area contributed by atoms with Crippen molar-refractivity contribution in [1.82, 2.24) is 15.1 Å². The number of hydrogen-bond donors (Lipinski definition) is 2. The zero-order chi connectivity index (χ0) is 22.5. The van der Waals surface area contributed by atoms with Gasteiger partial charge in [0.2, 0.25) is 5.01 Å². The summed E-state index contributed by atoms with van der Waals surface area (Å²) in [6.07, 6.45) is 1.60. The van der Waals surface area contributed by atoms with E-state index < -0.39 is 0 Å². The molecule has 0 aliphatic carbocycles. The normalized spacial score (nSPS) is 15.4. The largest absolute Gasteiger partial charge is 0.492 e. The number of rotatable bonds is 6. The van der Waals surface area contributed by atoms with Crippen LogP contribution in [-0.2, 0) is 0 Å². The molecule has 1 saturated heterocycles. The predicted molar refractivity (Wildman–Crippen MR) is 125 cm³/mol. The van der Waals surface area contributed by atoms with Crippen molar-refractivity contribution in [2.45, 2.75) is 25.8 Å². The van der Waals surface area contributed by atoms with Gasteiger partial charge in [0.1, 0.15) is 10.8 Å². The molecule has 0 radical (unpaired) electrons. The van der Waals surface area contributed by atoms with Gasteiger partial charge in [-0.15, -0.1) is 10.2 Å². The lowest BCUT2D eigenvalue weighted by Crippen LogP contribution is -2.34. The first-order valence-corrected chi connectivity index (χ1v) is 11.4. The molecule has 2 aromatic carbocycles. The highest BCUT2D eigenvalue weighted by Gasteiger charge is 2.33. The average Bonchev–Trinajstić information content (AvgIpc) is 3.46. The summed E-state index contributed by atoms with van der Waals surface area (Å²) in [5, 5.41) is 15.4. The highest BCUT2D eigenvalue weighted by Crippen LogP contribution is 2.35. The van der Waals surface area contributed by atoms with Gasteiger partial charge in [0, 0.05) is 17.3 Å². The highest BCUT2D eigenvalue weighted by atomic mass is 35.5. The predicted octanol–water partition coefficient (Wildman–Crippen LogP) is 5.21. The number of para-hydroxylation sites is 2. The number of ether oxygens (including phenoxy) is 1. The van der Waals surface area contributed by atoms with Gasteiger partial charge in [0.15, 0.2) is 0 Å². The van der Waals surface area contributed by atoms with Crippen molar-refractivity contribution in [3.05, 3.63) is 63.6 Å². The molecule has 3 amide bonds. The molecule has 0 bridgehead atoms. The molecule has 0 unspecified atom stereocenters. The Kier molecular flexibility index (Phi) is 6.87. The summed E-state index contributed by atoms with van der Waals surface area (Å²) in [5.74, 6) is 0.270. The monoisotopic (exact) mass is 471 g/mol. The summed E-state index contributed by atoms with van der Waals surface area (Å²) in [6, 6.07) is 13.7. The second-order valence-corrected chi connectivity index (χ2v) is 8.56. The Hall–Kier alpha value is -3.17. The zero-order valence-electron chi connectivity index (χ0n) is 17.4. The quantitative estimate of drug-likeness (QED) is 0.514. The molecule has 1 fully saturated rings. The fourth-order valence-electron chi connectivity index (χ4n) is 3.48. The van der Waals surface area contributed by atoms with E-state index in [2.05, 4.69) is 20.8 Å². The molecule has 1 aromatic heterocycles. The Bertz CT molecular complexity index is 1100. The summed E-state index contributed by atoms with van der Waals surface area (Å²) < 4.78 is 5.59. The highest BCUT2D eigenvalue weighted by molar-refractivity contribution is 7.13. The van der Waals surface area contributed by atoms with Crippen LogP contribution in [0.15, 0.2) is 48.5 Å². The average molecular weight is 472 g/mol. The van der Waals surface area contributed by atoms with E-state index in [0.717, 1.165) is 12.8 Å². The van der Waals surface area contributed by atoms with Crippen LogP contribution in [0.5, 0.6) is 5.75 Å². The number of urea groups is 1. The molecule has 10 heteroatoms. The minimum Gasteiger partial charge on any atom is -0.492 e. The topological polar surface area (TPSA) is 96.4 Å². The van der Waals surface area contributed by atoms with E-state index in [-0.39, 0.29) is 23.0 Å². The fourth-order valence-corrected chi connectivity index (χ4v) is 4.50. The lowest BCUT2D eigenvalue weighted by molar-refractivity contribution is 0.102. The Morgan fingerprint density at radius 3 is 2.72 bits per heavy atom. The van der Waals surface area contributed by atoms with E-state index in [1.165, 1.54) is 11.3 Å². The molecular weight excluding hydrogens is 450 g/mol. The van der Waals surface area contributed by atoms with E-state index in [0.29, 0.717) is 40.3 Å².